The van der Waals surface area contributed by atoms with Gasteiger partial charge in [-0.25, -0.2) is 9.78 Å². The third-order valence-electron chi connectivity index (χ3n) is 3.82. The largest absolute Gasteiger partial charge is 0.478 e. The number of amidine groups is 1. The fourth-order valence-corrected chi connectivity index (χ4v) is 2.73. The van der Waals surface area contributed by atoms with E-state index in [2.05, 4.69) is 9.98 Å². The van der Waals surface area contributed by atoms with Crippen molar-refractivity contribution in [3.8, 4) is 0 Å². The molecule has 1 aromatic heterocycles. The average molecular weight is 311 g/mol. The van der Waals surface area contributed by atoms with Crippen LogP contribution in [0.2, 0.25) is 0 Å². The number of hydrogen-bond donors (Lipinski definition) is 1. The summed E-state index contributed by atoms with van der Waals surface area (Å²) in [4.78, 5) is 34.3. The van der Waals surface area contributed by atoms with E-state index in [1.165, 1.54) is 4.90 Å². The molecular weight excluding hydrogens is 294 g/mol. The highest BCUT2D eigenvalue weighted by molar-refractivity contribution is 6.17. The molecule has 1 aliphatic rings. The lowest BCUT2D eigenvalue weighted by Gasteiger charge is -2.23. The number of nitrogens with zero attached hydrogens (tertiary/aromatic N) is 3. The van der Waals surface area contributed by atoms with E-state index in [0.717, 1.165) is 5.39 Å². The van der Waals surface area contributed by atoms with Crippen molar-refractivity contribution in [2.24, 2.45) is 4.99 Å². The van der Waals surface area contributed by atoms with Gasteiger partial charge in [-0.15, -0.1) is 0 Å². The predicted octanol–water partition coefficient (Wildman–Crippen LogP) is 2.32. The molecule has 0 bridgehead atoms. The smallest absolute Gasteiger partial charge is 0.338 e. The standard InChI is InChI=1S/C17H17N3O3/c1-9(2)20-15(18-10(3)16(20)21)14-12(17(22)23)8-11-6-4-5-7-13(11)19-14/h4-10H,1-3H3,(H,22,23). The second kappa shape index (κ2) is 5.46. The van der Waals surface area contributed by atoms with Gasteiger partial charge in [-0.05, 0) is 32.9 Å². The Bertz CT molecular complexity index is 842. The second-order valence-corrected chi connectivity index (χ2v) is 5.81. The highest BCUT2D eigenvalue weighted by Gasteiger charge is 2.36. The first kappa shape index (κ1) is 15.1. The Hall–Kier alpha value is -2.76. The number of aromatic nitrogens is 1. The van der Waals surface area contributed by atoms with Crippen LogP contribution in [0.4, 0.5) is 0 Å². The maximum absolute atomic E-state index is 12.3. The number of carbonyl (C=O) groups excluding carboxylic acids is 1. The number of carbonyl (C=O) groups is 2. The Morgan fingerprint density at radius 3 is 2.65 bits per heavy atom. The molecule has 0 fully saturated rings. The molecule has 0 saturated heterocycles. The molecule has 3 rings (SSSR count). The van der Waals surface area contributed by atoms with Crippen molar-refractivity contribution in [2.75, 3.05) is 0 Å². The lowest BCUT2D eigenvalue weighted by molar-refractivity contribution is -0.128. The number of para-hydroxylation sites is 1. The maximum Gasteiger partial charge on any atom is 0.338 e. The highest BCUT2D eigenvalue weighted by atomic mass is 16.4. The topological polar surface area (TPSA) is 82.9 Å². The van der Waals surface area contributed by atoms with Crippen LogP contribution in [0.3, 0.4) is 0 Å². The van der Waals surface area contributed by atoms with Gasteiger partial charge in [-0.1, -0.05) is 18.2 Å². The predicted molar refractivity (Wildman–Crippen MR) is 86.7 cm³/mol. The van der Waals surface area contributed by atoms with Gasteiger partial charge in [0.2, 0.25) is 0 Å². The van der Waals surface area contributed by atoms with Gasteiger partial charge >= 0.3 is 5.97 Å². The van der Waals surface area contributed by atoms with Crippen molar-refractivity contribution < 1.29 is 14.7 Å². The van der Waals surface area contributed by atoms with Crippen molar-refractivity contribution >= 4 is 28.6 Å². The Labute approximate surface area is 133 Å². The molecule has 0 spiro atoms. The number of hydrogen-bond acceptors (Lipinski definition) is 4. The lowest BCUT2D eigenvalue weighted by Crippen LogP contribution is -2.41. The van der Waals surface area contributed by atoms with Gasteiger partial charge in [-0.3, -0.25) is 14.7 Å². The molecule has 6 nitrogen and oxygen atoms in total. The van der Waals surface area contributed by atoms with Gasteiger partial charge in [-0.2, -0.15) is 0 Å². The minimum Gasteiger partial charge on any atom is -0.478 e. The molecule has 0 aliphatic carbocycles. The Kier molecular flexibility index (Phi) is 3.60. The summed E-state index contributed by atoms with van der Waals surface area (Å²) in [7, 11) is 0. The molecule has 2 aromatic rings. The molecular formula is C17H17N3O3. The minimum atomic E-state index is -1.09. The van der Waals surface area contributed by atoms with Crippen molar-refractivity contribution in [3.05, 3.63) is 41.6 Å². The summed E-state index contributed by atoms with van der Waals surface area (Å²) >= 11 is 0. The van der Waals surface area contributed by atoms with Crippen LogP contribution in [-0.2, 0) is 4.79 Å². The third kappa shape index (κ3) is 2.46. The number of fused-ring (bicyclic) bond motifs is 1. The summed E-state index contributed by atoms with van der Waals surface area (Å²) < 4.78 is 0. The molecule has 0 radical (unpaired) electrons. The number of rotatable bonds is 3. The van der Waals surface area contributed by atoms with Crippen molar-refractivity contribution in [3.63, 3.8) is 0 Å². The number of amides is 1. The zero-order valence-electron chi connectivity index (χ0n) is 13.1. The van der Waals surface area contributed by atoms with Crippen molar-refractivity contribution in [2.45, 2.75) is 32.9 Å². The van der Waals surface area contributed by atoms with Crippen LogP contribution in [0.5, 0.6) is 0 Å². The molecule has 118 valence electrons. The summed E-state index contributed by atoms with van der Waals surface area (Å²) in [5.74, 6) is -0.890. The minimum absolute atomic E-state index is 0.0509. The second-order valence-electron chi connectivity index (χ2n) is 5.81. The summed E-state index contributed by atoms with van der Waals surface area (Å²) in [5.41, 5.74) is 0.962. The van der Waals surface area contributed by atoms with E-state index in [1.54, 1.807) is 13.0 Å². The van der Waals surface area contributed by atoms with Crippen LogP contribution in [-0.4, -0.2) is 44.8 Å². The zero-order valence-corrected chi connectivity index (χ0v) is 13.1. The van der Waals surface area contributed by atoms with Crippen LogP contribution in [0.25, 0.3) is 10.9 Å². The van der Waals surface area contributed by atoms with E-state index in [9.17, 15) is 14.7 Å². The number of benzene rings is 1. The molecule has 23 heavy (non-hydrogen) atoms. The van der Waals surface area contributed by atoms with Crippen molar-refractivity contribution in [1.29, 1.82) is 0 Å². The molecule has 1 unspecified atom stereocenters. The quantitative estimate of drug-likeness (QED) is 0.943. The number of pyridine rings is 1. The molecule has 0 saturated carbocycles. The number of carboxylic acids is 1. The Balaban J connectivity index is 2.25. The van der Waals surface area contributed by atoms with E-state index in [0.29, 0.717) is 11.4 Å². The Morgan fingerprint density at radius 2 is 2.00 bits per heavy atom. The summed E-state index contributed by atoms with van der Waals surface area (Å²) in [6, 6.07) is 8.21. The van der Waals surface area contributed by atoms with E-state index in [4.69, 9.17) is 0 Å². The van der Waals surface area contributed by atoms with Gasteiger partial charge in [0, 0.05) is 11.4 Å². The number of carboxylic acid groups (broad SMARTS) is 1. The first-order valence-electron chi connectivity index (χ1n) is 7.44. The van der Waals surface area contributed by atoms with Crippen LogP contribution in [0.15, 0.2) is 35.3 Å². The Morgan fingerprint density at radius 1 is 1.30 bits per heavy atom. The highest BCUT2D eigenvalue weighted by Crippen LogP contribution is 2.24. The molecule has 1 atom stereocenters. The lowest BCUT2D eigenvalue weighted by atomic mass is 10.1. The van der Waals surface area contributed by atoms with E-state index < -0.39 is 12.0 Å². The number of aliphatic imine (C=N–C) groups is 1. The first-order chi connectivity index (χ1) is 10.9. The fourth-order valence-electron chi connectivity index (χ4n) is 2.73. The van der Waals surface area contributed by atoms with Crippen LogP contribution in [0.1, 0.15) is 36.8 Å². The first-order valence-corrected chi connectivity index (χ1v) is 7.44. The zero-order chi connectivity index (χ0) is 16.7. The van der Waals surface area contributed by atoms with Gasteiger partial charge < -0.3 is 5.11 Å². The summed E-state index contributed by atoms with van der Waals surface area (Å²) in [5, 5.41) is 10.3. The van der Waals surface area contributed by atoms with Gasteiger partial charge in [0.1, 0.15) is 11.7 Å². The van der Waals surface area contributed by atoms with Gasteiger partial charge in [0.05, 0.1) is 11.1 Å². The molecule has 2 heterocycles. The SMILES string of the molecule is CC1N=C(c2nc3ccccc3cc2C(=O)O)N(C(C)C)C1=O. The monoisotopic (exact) mass is 311 g/mol. The third-order valence-corrected chi connectivity index (χ3v) is 3.82. The van der Waals surface area contributed by atoms with E-state index >= 15 is 0 Å². The van der Waals surface area contributed by atoms with Gasteiger partial charge in [0.25, 0.3) is 5.91 Å². The van der Waals surface area contributed by atoms with E-state index in [-0.39, 0.29) is 23.2 Å². The maximum atomic E-state index is 12.3. The van der Waals surface area contributed by atoms with Gasteiger partial charge in [0.15, 0.2) is 5.84 Å². The van der Waals surface area contributed by atoms with E-state index in [1.807, 2.05) is 38.1 Å². The van der Waals surface area contributed by atoms with Crippen LogP contribution < -0.4 is 0 Å². The molecule has 6 heteroatoms. The molecule has 1 aromatic carbocycles. The normalized spacial score (nSPS) is 17.9. The molecule has 1 amide bonds. The molecule has 1 N–H and O–H groups in total. The molecule has 1 aliphatic heterocycles. The summed E-state index contributed by atoms with van der Waals surface area (Å²) in [6.45, 7) is 5.44. The number of aromatic carboxylic acids is 1. The van der Waals surface area contributed by atoms with Crippen molar-refractivity contribution in [1.82, 2.24) is 9.88 Å². The van der Waals surface area contributed by atoms with Crippen LogP contribution >= 0.6 is 0 Å². The fraction of sp³-hybridized carbons (Fsp3) is 0.294. The summed E-state index contributed by atoms with van der Waals surface area (Å²) in [6.07, 6.45) is 0. The van der Waals surface area contributed by atoms with Crippen LogP contribution in [0, 0.1) is 0 Å². The average Bonchev–Trinajstić information content (AvgIpc) is 2.81.